The van der Waals surface area contributed by atoms with Crippen LogP contribution in [0, 0.1) is 0 Å². The fraction of sp³-hybridized carbons (Fsp3) is 0.167. The van der Waals surface area contributed by atoms with E-state index in [1.54, 1.807) is 6.07 Å². The van der Waals surface area contributed by atoms with E-state index in [1.807, 2.05) is 0 Å². The zero-order chi connectivity index (χ0) is 15.8. The van der Waals surface area contributed by atoms with Crippen LogP contribution in [0.15, 0.2) is 18.2 Å². The third kappa shape index (κ3) is 3.66. The van der Waals surface area contributed by atoms with Crippen LogP contribution in [0.2, 0.25) is 10.0 Å². The highest BCUT2D eigenvalue weighted by atomic mass is 35.5. The molecule has 0 saturated carbocycles. The fourth-order valence-electron chi connectivity index (χ4n) is 1.60. The average molecular weight is 356 g/mol. The van der Waals surface area contributed by atoms with Crippen LogP contribution in [0.25, 0.3) is 0 Å². The van der Waals surface area contributed by atoms with Crippen molar-refractivity contribution in [1.29, 1.82) is 0 Å². The summed E-state index contributed by atoms with van der Waals surface area (Å²) in [6.45, 7) is 0. The lowest BCUT2D eigenvalue weighted by molar-refractivity contribution is -0.141. The molecule has 0 saturated heterocycles. The molecule has 0 unspecified atom stereocenters. The molecule has 2 aromatic rings. The van der Waals surface area contributed by atoms with E-state index in [1.165, 1.54) is 12.1 Å². The van der Waals surface area contributed by atoms with Gasteiger partial charge >= 0.3 is 12.1 Å². The molecule has 1 aromatic heterocycles. The molecule has 0 radical (unpaired) electrons. The van der Waals surface area contributed by atoms with Gasteiger partial charge in [-0.25, -0.2) is 9.78 Å². The standard InChI is InChI=1S/C12H6Cl2F3NO2S/c13-6-2-1-5(3-7(6)14)4-8-18-10(12(15,16)17)9(21-8)11(19)20/h1-3H,4H2,(H,19,20). The minimum absolute atomic E-state index is 0.0396. The van der Waals surface area contributed by atoms with Gasteiger partial charge in [0.1, 0.15) is 4.88 Å². The van der Waals surface area contributed by atoms with Crippen molar-refractivity contribution in [2.75, 3.05) is 0 Å². The van der Waals surface area contributed by atoms with Gasteiger partial charge in [0.25, 0.3) is 0 Å². The van der Waals surface area contributed by atoms with Crippen LogP contribution in [-0.4, -0.2) is 16.1 Å². The van der Waals surface area contributed by atoms with Gasteiger partial charge in [-0.2, -0.15) is 13.2 Å². The molecule has 3 nitrogen and oxygen atoms in total. The molecule has 1 heterocycles. The van der Waals surface area contributed by atoms with E-state index >= 15 is 0 Å². The summed E-state index contributed by atoms with van der Waals surface area (Å²) in [4.78, 5) is 13.4. The van der Waals surface area contributed by atoms with E-state index in [4.69, 9.17) is 28.3 Å². The van der Waals surface area contributed by atoms with Crippen molar-refractivity contribution < 1.29 is 23.1 Å². The smallest absolute Gasteiger partial charge is 0.435 e. The fourth-order valence-corrected chi connectivity index (χ4v) is 2.88. The number of hydrogen-bond donors (Lipinski definition) is 1. The Labute approximate surface area is 131 Å². The summed E-state index contributed by atoms with van der Waals surface area (Å²) in [5.41, 5.74) is -0.793. The minimum Gasteiger partial charge on any atom is -0.477 e. The number of carboxylic acid groups (broad SMARTS) is 1. The number of rotatable bonds is 3. The van der Waals surface area contributed by atoms with Crippen LogP contribution in [0.4, 0.5) is 13.2 Å². The molecule has 0 spiro atoms. The third-order valence-electron chi connectivity index (χ3n) is 2.47. The summed E-state index contributed by atoms with van der Waals surface area (Å²) in [7, 11) is 0. The van der Waals surface area contributed by atoms with Crippen molar-refractivity contribution in [2.24, 2.45) is 0 Å². The minimum atomic E-state index is -4.81. The van der Waals surface area contributed by atoms with Crippen LogP contribution in [0.5, 0.6) is 0 Å². The van der Waals surface area contributed by atoms with Gasteiger partial charge in [-0.1, -0.05) is 29.3 Å². The molecule has 0 aliphatic heterocycles. The monoisotopic (exact) mass is 355 g/mol. The van der Waals surface area contributed by atoms with Crippen LogP contribution in [-0.2, 0) is 12.6 Å². The normalized spacial score (nSPS) is 11.7. The molecule has 112 valence electrons. The van der Waals surface area contributed by atoms with Crippen molar-refractivity contribution in [1.82, 2.24) is 4.98 Å². The lowest BCUT2D eigenvalue weighted by atomic mass is 10.1. The first-order valence-electron chi connectivity index (χ1n) is 5.42. The number of halogens is 5. The number of aromatic carboxylic acids is 1. The second-order valence-corrected chi connectivity index (χ2v) is 5.91. The van der Waals surface area contributed by atoms with Gasteiger partial charge in [0, 0.05) is 6.42 Å². The molecule has 0 atom stereocenters. The first kappa shape index (κ1) is 16.1. The molecule has 0 fully saturated rings. The summed E-state index contributed by atoms with van der Waals surface area (Å²) in [5, 5.41) is 9.45. The zero-order valence-electron chi connectivity index (χ0n) is 10.0. The van der Waals surface area contributed by atoms with Crippen molar-refractivity contribution >= 4 is 40.5 Å². The second-order valence-electron chi connectivity index (χ2n) is 4.01. The van der Waals surface area contributed by atoms with Gasteiger partial charge in [-0.05, 0) is 17.7 Å². The highest BCUT2D eigenvalue weighted by Gasteiger charge is 2.39. The number of thiazole rings is 1. The van der Waals surface area contributed by atoms with Crippen molar-refractivity contribution in [3.63, 3.8) is 0 Å². The number of carboxylic acids is 1. The van der Waals surface area contributed by atoms with E-state index in [0.717, 1.165) is 0 Å². The number of hydrogen-bond acceptors (Lipinski definition) is 3. The Morgan fingerprint density at radius 1 is 1.29 bits per heavy atom. The number of nitrogens with zero attached hydrogens (tertiary/aromatic N) is 1. The van der Waals surface area contributed by atoms with Crippen LogP contribution in [0.1, 0.15) is 25.9 Å². The Bertz CT molecular complexity index is 700. The van der Waals surface area contributed by atoms with Gasteiger partial charge in [0.15, 0.2) is 5.69 Å². The van der Waals surface area contributed by atoms with Gasteiger partial charge < -0.3 is 5.11 Å². The largest absolute Gasteiger partial charge is 0.477 e. The Morgan fingerprint density at radius 2 is 1.95 bits per heavy atom. The highest BCUT2D eigenvalue weighted by Crippen LogP contribution is 2.35. The highest BCUT2D eigenvalue weighted by molar-refractivity contribution is 7.13. The average Bonchev–Trinajstić information content (AvgIpc) is 2.78. The zero-order valence-corrected chi connectivity index (χ0v) is 12.4. The lowest BCUT2D eigenvalue weighted by Gasteiger charge is -2.03. The molecule has 1 N–H and O–H groups in total. The maximum Gasteiger partial charge on any atom is 0.435 e. The maximum absolute atomic E-state index is 12.7. The van der Waals surface area contributed by atoms with Crippen molar-refractivity contribution in [3.05, 3.63) is 49.4 Å². The summed E-state index contributed by atoms with van der Waals surface area (Å²) >= 11 is 12.1. The summed E-state index contributed by atoms with van der Waals surface area (Å²) in [6, 6.07) is 4.60. The Morgan fingerprint density at radius 3 is 2.43 bits per heavy atom. The van der Waals surface area contributed by atoms with Gasteiger partial charge in [0.2, 0.25) is 0 Å². The molecule has 0 aliphatic carbocycles. The molecule has 21 heavy (non-hydrogen) atoms. The number of benzene rings is 1. The molecule has 9 heteroatoms. The molecular formula is C12H6Cl2F3NO2S. The number of aromatic nitrogens is 1. The number of alkyl halides is 3. The lowest BCUT2D eigenvalue weighted by Crippen LogP contribution is -2.11. The molecule has 0 aliphatic rings. The molecule has 0 bridgehead atoms. The first-order valence-corrected chi connectivity index (χ1v) is 7.00. The predicted octanol–water partition coefficient (Wildman–Crippen LogP) is 4.76. The topological polar surface area (TPSA) is 50.2 Å². The van der Waals surface area contributed by atoms with Gasteiger partial charge in [-0.3, -0.25) is 0 Å². The summed E-state index contributed by atoms with van der Waals surface area (Å²) < 4.78 is 38.2. The summed E-state index contributed by atoms with van der Waals surface area (Å²) in [5.74, 6) is -1.65. The van der Waals surface area contributed by atoms with Crippen molar-refractivity contribution in [2.45, 2.75) is 12.6 Å². The molecule has 1 aromatic carbocycles. The van der Waals surface area contributed by atoms with Crippen LogP contribution in [0.3, 0.4) is 0 Å². The van der Waals surface area contributed by atoms with Crippen LogP contribution < -0.4 is 0 Å². The Hall–Kier alpha value is -1.31. The van der Waals surface area contributed by atoms with Crippen LogP contribution >= 0.6 is 34.5 Å². The predicted molar refractivity (Wildman–Crippen MR) is 73.3 cm³/mol. The molecular weight excluding hydrogens is 350 g/mol. The SMILES string of the molecule is O=C(O)c1sc(Cc2ccc(Cl)c(Cl)c2)nc1C(F)(F)F. The molecule has 2 rings (SSSR count). The van der Waals surface area contributed by atoms with Gasteiger partial charge in [-0.15, -0.1) is 11.3 Å². The maximum atomic E-state index is 12.7. The Kier molecular flexibility index (Phi) is 4.46. The van der Waals surface area contributed by atoms with Crippen molar-refractivity contribution in [3.8, 4) is 0 Å². The van der Waals surface area contributed by atoms with E-state index < -0.39 is 22.7 Å². The second kappa shape index (κ2) is 5.82. The summed E-state index contributed by atoms with van der Waals surface area (Å²) in [6.07, 6.45) is -4.77. The first-order chi connectivity index (χ1) is 9.68. The quantitative estimate of drug-likeness (QED) is 0.863. The van der Waals surface area contributed by atoms with E-state index in [2.05, 4.69) is 4.98 Å². The van der Waals surface area contributed by atoms with E-state index in [-0.39, 0.29) is 16.5 Å². The van der Waals surface area contributed by atoms with E-state index in [9.17, 15) is 18.0 Å². The Balaban J connectivity index is 2.37. The van der Waals surface area contributed by atoms with Gasteiger partial charge in [0.05, 0.1) is 15.1 Å². The molecule has 0 amide bonds. The number of carbonyl (C=O) groups is 1. The van der Waals surface area contributed by atoms with E-state index in [0.29, 0.717) is 21.9 Å². The third-order valence-corrected chi connectivity index (χ3v) is 4.26.